The second-order valence-electron chi connectivity index (χ2n) is 3.13. The van der Waals surface area contributed by atoms with Crippen LogP contribution in [0.3, 0.4) is 0 Å². The first-order valence-electron chi connectivity index (χ1n) is 4.49. The third kappa shape index (κ3) is 1.83. The van der Waals surface area contributed by atoms with Crippen LogP contribution in [0.25, 0.3) is 11.3 Å². The third-order valence-corrected chi connectivity index (χ3v) is 2.43. The first-order chi connectivity index (χ1) is 7.74. The van der Waals surface area contributed by atoms with Crippen LogP contribution in [-0.4, -0.2) is 6.29 Å². The molecule has 0 bridgehead atoms. The molecule has 0 saturated heterocycles. The lowest BCUT2D eigenvalue weighted by atomic mass is 10.1. The SMILES string of the molecule is N#Cc1ccc(-c2ccc(C=O)o2)cc1Cl. The van der Waals surface area contributed by atoms with Gasteiger partial charge in [-0.25, -0.2) is 0 Å². The molecule has 4 heteroatoms. The molecule has 0 unspecified atom stereocenters. The minimum absolute atomic E-state index is 0.260. The number of nitriles is 1. The number of furan rings is 1. The Kier molecular flexibility index (Phi) is 2.76. The van der Waals surface area contributed by atoms with E-state index in [2.05, 4.69) is 0 Å². The average Bonchev–Trinajstić information content (AvgIpc) is 2.77. The van der Waals surface area contributed by atoms with Gasteiger partial charge >= 0.3 is 0 Å². The van der Waals surface area contributed by atoms with E-state index in [1.165, 1.54) is 0 Å². The third-order valence-electron chi connectivity index (χ3n) is 2.12. The van der Waals surface area contributed by atoms with Crippen LogP contribution >= 0.6 is 11.6 Å². The highest BCUT2D eigenvalue weighted by molar-refractivity contribution is 6.32. The molecule has 1 heterocycles. The van der Waals surface area contributed by atoms with Crippen molar-refractivity contribution in [1.29, 1.82) is 5.26 Å². The number of benzene rings is 1. The molecule has 16 heavy (non-hydrogen) atoms. The smallest absolute Gasteiger partial charge is 0.185 e. The van der Waals surface area contributed by atoms with Crippen molar-refractivity contribution in [2.45, 2.75) is 0 Å². The Labute approximate surface area is 96.9 Å². The van der Waals surface area contributed by atoms with Gasteiger partial charge in [0.1, 0.15) is 11.8 Å². The molecule has 0 aliphatic rings. The highest BCUT2D eigenvalue weighted by atomic mass is 35.5. The van der Waals surface area contributed by atoms with E-state index in [4.69, 9.17) is 21.3 Å². The van der Waals surface area contributed by atoms with E-state index in [0.29, 0.717) is 22.6 Å². The first kappa shape index (κ1) is 10.5. The number of carbonyl (C=O) groups is 1. The number of aldehydes is 1. The summed E-state index contributed by atoms with van der Waals surface area (Å²) in [6.07, 6.45) is 0.634. The van der Waals surface area contributed by atoms with Crippen molar-refractivity contribution in [2.75, 3.05) is 0 Å². The minimum atomic E-state index is 0.260. The summed E-state index contributed by atoms with van der Waals surface area (Å²) in [7, 11) is 0. The maximum atomic E-state index is 10.5. The summed E-state index contributed by atoms with van der Waals surface area (Å²) in [5, 5.41) is 9.08. The van der Waals surface area contributed by atoms with Crippen molar-refractivity contribution in [3.63, 3.8) is 0 Å². The van der Waals surface area contributed by atoms with Crippen LogP contribution in [0.5, 0.6) is 0 Å². The Hall–Kier alpha value is -2.05. The van der Waals surface area contributed by atoms with Gasteiger partial charge in [-0.1, -0.05) is 11.6 Å². The lowest BCUT2D eigenvalue weighted by Gasteiger charge is -1.99. The molecule has 2 rings (SSSR count). The lowest BCUT2D eigenvalue weighted by molar-refractivity contribution is 0.110. The summed E-state index contributed by atoms with van der Waals surface area (Å²) >= 11 is 5.89. The van der Waals surface area contributed by atoms with Crippen LogP contribution in [0.15, 0.2) is 34.7 Å². The summed E-state index contributed by atoms with van der Waals surface area (Å²) in [5.41, 5.74) is 1.14. The van der Waals surface area contributed by atoms with E-state index < -0.39 is 0 Å². The second-order valence-corrected chi connectivity index (χ2v) is 3.53. The van der Waals surface area contributed by atoms with Gasteiger partial charge in [0.15, 0.2) is 12.0 Å². The Balaban J connectivity index is 2.45. The Morgan fingerprint density at radius 1 is 1.31 bits per heavy atom. The molecule has 1 aromatic carbocycles. The largest absolute Gasteiger partial charge is 0.453 e. The van der Waals surface area contributed by atoms with Crippen LogP contribution in [0.4, 0.5) is 0 Å². The van der Waals surface area contributed by atoms with E-state index >= 15 is 0 Å². The molecule has 0 amide bonds. The van der Waals surface area contributed by atoms with Gasteiger partial charge in [-0.05, 0) is 30.3 Å². The fourth-order valence-corrected chi connectivity index (χ4v) is 1.55. The van der Waals surface area contributed by atoms with E-state index in [1.54, 1.807) is 30.3 Å². The predicted molar refractivity (Wildman–Crippen MR) is 59.3 cm³/mol. The monoisotopic (exact) mass is 231 g/mol. The Bertz CT molecular complexity index is 581. The van der Waals surface area contributed by atoms with Gasteiger partial charge in [0.25, 0.3) is 0 Å². The first-order valence-corrected chi connectivity index (χ1v) is 4.87. The molecule has 0 N–H and O–H groups in total. The highest BCUT2D eigenvalue weighted by Gasteiger charge is 2.06. The van der Waals surface area contributed by atoms with Gasteiger partial charge in [-0.15, -0.1) is 0 Å². The topological polar surface area (TPSA) is 54.0 Å². The molecular formula is C12H6ClNO2. The van der Waals surface area contributed by atoms with Crippen LogP contribution in [0.1, 0.15) is 16.1 Å². The van der Waals surface area contributed by atoms with E-state index in [-0.39, 0.29) is 5.76 Å². The molecule has 0 fully saturated rings. The van der Waals surface area contributed by atoms with Crippen LogP contribution < -0.4 is 0 Å². The minimum Gasteiger partial charge on any atom is -0.453 e. The predicted octanol–water partition coefficient (Wildman–Crippen LogP) is 3.28. The fourth-order valence-electron chi connectivity index (χ4n) is 1.33. The molecule has 2 aromatic rings. The van der Waals surface area contributed by atoms with Crippen molar-refractivity contribution < 1.29 is 9.21 Å². The van der Waals surface area contributed by atoms with Gasteiger partial charge < -0.3 is 4.42 Å². The van der Waals surface area contributed by atoms with Gasteiger partial charge in [-0.2, -0.15) is 5.26 Å². The quantitative estimate of drug-likeness (QED) is 0.746. The summed E-state index contributed by atoms with van der Waals surface area (Å²) in [6, 6.07) is 10.2. The molecular weight excluding hydrogens is 226 g/mol. The van der Waals surface area contributed by atoms with Gasteiger partial charge in [0.2, 0.25) is 0 Å². The van der Waals surface area contributed by atoms with Gasteiger partial charge in [0.05, 0.1) is 10.6 Å². The van der Waals surface area contributed by atoms with E-state index in [0.717, 1.165) is 5.56 Å². The molecule has 0 saturated carbocycles. The maximum Gasteiger partial charge on any atom is 0.185 e. The van der Waals surface area contributed by atoms with Crippen molar-refractivity contribution >= 4 is 17.9 Å². The van der Waals surface area contributed by atoms with Crippen LogP contribution in [-0.2, 0) is 0 Å². The number of halogens is 1. The number of rotatable bonds is 2. The molecule has 0 radical (unpaired) electrons. The molecule has 0 atom stereocenters. The van der Waals surface area contributed by atoms with E-state index in [1.807, 2.05) is 6.07 Å². The zero-order valence-electron chi connectivity index (χ0n) is 8.11. The van der Waals surface area contributed by atoms with Crippen molar-refractivity contribution in [1.82, 2.24) is 0 Å². The van der Waals surface area contributed by atoms with E-state index in [9.17, 15) is 4.79 Å². The Morgan fingerprint density at radius 3 is 2.69 bits per heavy atom. The molecule has 0 aliphatic carbocycles. The molecule has 0 spiro atoms. The second kappa shape index (κ2) is 4.21. The summed E-state index contributed by atoms with van der Waals surface area (Å²) < 4.78 is 5.24. The fraction of sp³-hybridized carbons (Fsp3) is 0. The molecule has 0 aliphatic heterocycles. The average molecular weight is 232 g/mol. The molecule has 1 aromatic heterocycles. The highest BCUT2D eigenvalue weighted by Crippen LogP contribution is 2.26. The Morgan fingerprint density at radius 2 is 2.12 bits per heavy atom. The van der Waals surface area contributed by atoms with Crippen LogP contribution in [0, 0.1) is 11.3 Å². The van der Waals surface area contributed by atoms with Gasteiger partial charge in [-0.3, -0.25) is 4.79 Å². The molecule has 3 nitrogen and oxygen atoms in total. The number of carbonyl (C=O) groups excluding carboxylic acids is 1. The van der Waals surface area contributed by atoms with Gasteiger partial charge in [0, 0.05) is 5.56 Å². The standard InChI is InChI=1S/C12H6ClNO2/c13-11-5-8(1-2-9(11)6-14)12-4-3-10(7-15)16-12/h1-5,7H. The zero-order valence-corrected chi connectivity index (χ0v) is 8.86. The summed E-state index contributed by atoms with van der Waals surface area (Å²) in [5.74, 6) is 0.809. The number of hydrogen-bond acceptors (Lipinski definition) is 3. The molecule has 78 valence electrons. The number of hydrogen-bond donors (Lipinski definition) is 0. The van der Waals surface area contributed by atoms with Crippen molar-refractivity contribution in [3.8, 4) is 17.4 Å². The van der Waals surface area contributed by atoms with Crippen molar-refractivity contribution in [2.24, 2.45) is 0 Å². The lowest BCUT2D eigenvalue weighted by Crippen LogP contribution is -1.79. The normalized spacial score (nSPS) is 9.75. The number of nitrogens with zero attached hydrogens (tertiary/aromatic N) is 1. The zero-order chi connectivity index (χ0) is 11.5. The maximum absolute atomic E-state index is 10.5. The summed E-state index contributed by atoms with van der Waals surface area (Å²) in [4.78, 5) is 10.5. The van der Waals surface area contributed by atoms with Crippen molar-refractivity contribution in [3.05, 3.63) is 46.7 Å². The van der Waals surface area contributed by atoms with Crippen LogP contribution in [0.2, 0.25) is 5.02 Å². The summed E-state index contributed by atoms with van der Waals surface area (Å²) in [6.45, 7) is 0.